The molecule has 6 heteroatoms. The van der Waals surface area contributed by atoms with Gasteiger partial charge in [-0.15, -0.1) is 0 Å². The molecule has 0 saturated carbocycles. The van der Waals surface area contributed by atoms with Crippen molar-refractivity contribution in [2.75, 3.05) is 5.32 Å². The first-order valence-electron chi connectivity index (χ1n) is 6.38. The van der Waals surface area contributed by atoms with Crippen molar-refractivity contribution in [3.63, 3.8) is 0 Å². The summed E-state index contributed by atoms with van der Waals surface area (Å²) in [5, 5.41) is 2.70. The average molecular weight is 288 g/mol. The summed E-state index contributed by atoms with van der Waals surface area (Å²) < 4.78 is 23.9. The Bertz CT molecular complexity index is 699. The number of halogens is 1. The maximum absolute atomic E-state index is 12.7. The fraction of sp³-hybridized carbons (Fsp3) is 0.200. The molecule has 0 fully saturated rings. The Kier molecular flexibility index (Phi) is 3.01. The van der Waals surface area contributed by atoms with Gasteiger partial charge in [-0.05, 0) is 24.3 Å². The summed E-state index contributed by atoms with van der Waals surface area (Å²) in [5.74, 6) is -0.528. The summed E-state index contributed by atoms with van der Waals surface area (Å²) in [6, 6.07) is 7.62. The van der Waals surface area contributed by atoms with Gasteiger partial charge in [-0.1, -0.05) is 0 Å². The van der Waals surface area contributed by atoms with Gasteiger partial charge in [-0.25, -0.2) is 4.98 Å². The smallest absolute Gasteiger partial charge is 0.257 e. The molecule has 2 aromatic rings. The van der Waals surface area contributed by atoms with Crippen LogP contribution < -0.4 is 14.8 Å². The maximum Gasteiger partial charge on any atom is 0.257 e. The summed E-state index contributed by atoms with van der Waals surface area (Å²) in [5.41, 5.74) is 0.832. The van der Waals surface area contributed by atoms with Gasteiger partial charge in [0.05, 0.1) is 5.56 Å². The number of nitrogens with zero attached hydrogens (tertiary/aromatic N) is 1. The monoisotopic (exact) mass is 288 g/mol. The second-order valence-electron chi connectivity index (χ2n) is 5.09. The van der Waals surface area contributed by atoms with E-state index in [1.807, 2.05) is 0 Å². The van der Waals surface area contributed by atoms with Gasteiger partial charge in [0.2, 0.25) is 11.7 Å². The first-order valence-corrected chi connectivity index (χ1v) is 6.38. The van der Waals surface area contributed by atoms with Crippen molar-refractivity contribution in [1.29, 1.82) is 0 Å². The first kappa shape index (κ1) is 13.4. The van der Waals surface area contributed by atoms with Crippen LogP contribution in [0.25, 0.3) is 0 Å². The molecule has 1 aliphatic rings. The molecule has 1 aromatic carbocycles. The van der Waals surface area contributed by atoms with Crippen molar-refractivity contribution in [3.05, 3.63) is 48.0 Å². The average Bonchev–Trinajstić information content (AvgIpc) is 2.72. The number of ether oxygens (including phenoxy) is 2. The van der Waals surface area contributed by atoms with E-state index in [9.17, 15) is 9.18 Å². The van der Waals surface area contributed by atoms with E-state index in [1.165, 1.54) is 12.3 Å². The quantitative estimate of drug-likeness (QED) is 0.863. The van der Waals surface area contributed by atoms with Crippen LogP contribution in [0.2, 0.25) is 0 Å². The SMILES string of the molecule is CC1(C)Oc2ccc(NC(=O)c3ccc(F)nc3)cc2O1. The topological polar surface area (TPSA) is 60.5 Å². The Hall–Kier alpha value is -2.63. The van der Waals surface area contributed by atoms with Crippen molar-refractivity contribution in [2.24, 2.45) is 0 Å². The molecule has 0 aliphatic carbocycles. The van der Waals surface area contributed by atoms with Gasteiger partial charge in [-0.2, -0.15) is 4.39 Å². The Morgan fingerprint density at radius 3 is 2.67 bits per heavy atom. The molecule has 0 atom stereocenters. The van der Waals surface area contributed by atoms with Crippen LogP contribution in [-0.4, -0.2) is 16.7 Å². The molecule has 3 rings (SSSR count). The summed E-state index contributed by atoms with van der Waals surface area (Å²) in [6.07, 6.45) is 1.18. The lowest BCUT2D eigenvalue weighted by Gasteiger charge is -2.16. The molecule has 1 amide bonds. The Labute approximate surface area is 120 Å². The highest BCUT2D eigenvalue weighted by molar-refractivity contribution is 6.04. The second kappa shape index (κ2) is 4.73. The lowest BCUT2D eigenvalue weighted by atomic mass is 10.2. The number of nitrogens with one attached hydrogen (secondary N) is 1. The minimum absolute atomic E-state index is 0.273. The van der Waals surface area contributed by atoms with Crippen molar-refractivity contribution >= 4 is 11.6 Å². The van der Waals surface area contributed by atoms with Crippen molar-refractivity contribution in [3.8, 4) is 11.5 Å². The number of hydrogen-bond acceptors (Lipinski definition) is 4. The fourth-order valence-corrected chi connectivity index (χ4v) is 2.01. The van der Waals surface area contributed by atoms with Gasteiger partial charge in [0.25, 0.3) is 5.91 Å². The number of rotatable bonds is 2. The van der Waals surface area contributed by atoms with Crippen LogP contribution in [0.1, 0.15) is 24.2 Å². The van der Waals surface area contributed by atoms with Crippen LogP contribution in [0, 0.1) is 5.95 Å². The number of anilines is 1. The number of carbonyl (C=O) groups is 1. The highest BCUT2D eigenvalue weighted by atomic mass is 19.1. The van der Waals surface area contributed by atoms with E-state index in [2.05, 4.69) is 10.3 Å². The number of fused-ring (bicyclic) bond motifs is 1. The Balaban J connectivity index is 1.77. The molecule has 1 aliphatic heterocycles. The predicted molar refractivity (Wildman–Crippen MR) is 73.9 cm³/mol. The molecule has 5 nitrogen and oxygen atoms in total. The molecule has 21 heavy (non-hydrogen) atoms. The van der Waals surface area contributed by atoms with E-state index in [0.717, 1.165) is 6.07 Å². The lowest BCUT2D eigenvalue weighted by molar-refractivity contribution is -0.0431. The van der Waals surface area contributed by atoms with Gasteiger partial charge in [0.1, 0.15) is 0 Å². The number of pyridine rings is 1. The van der Waals surface area contributed by atoms with Gasteiger partial charge >= 0.3 is 0 Å². The number of benzene rings is 1. The van der Waals surface area contributed by atoms with E-state index in [0.29, 0.717) is 17.2 Å². The zero-order valence-electron chi connectivity index (χ0n) is 11.5. The van der Waals surface area contributed by atoms with Crippen LogP contribution in [0.15, 0.2) is 36.5 Å². The molecule has 0 unspecified atom stereocenters. The molecule has 1 N–H and O–H groups in total. The molecule has 0 spiro atoms. The van der Waals surface area contributed by atoms with Crippen LogP contribution in [0.4, 0.5) is 10.1 Å². The zero-order chi connectivity index (χ0) is 15.0. The zero-order valence-corrected chi connectivity index (χ0v) is 11.5. The minimum atomic E-state index is -0.716. The third kappa shape index (κ3) is 2.79. The highest BCUT2D eigenvalue weighted by Crippen LogP contribution is 2.40. The second-order valence-corrected chi connectivity index (χ2v) is 5.09. The van der Waals surface area contributed by atoms with Gasteiger partial charge < -0.3 is 14.8 Å². The van der Waals surface area contributed by atoms with Crippen LogP contribution in [-0.2, 0) is 0 Å². The molecule has 2 heterocycles. The third-order valence-corrected chi connectivity index (χ3v) is 2.90. The van der Waals surface area contributed by atoms with Gasteiger partial charge in [0, 0.05) is 31.8 Å². The minimum Gasteiger partial charge on any atom is -0.449 e. The summed E-state index contributed by atoms with van der Waals surface area (Å²) in [6.45, 7) is 3.60. The van der Waals surface area contributed by atoms with Crippen LogP contribution in [0.3, 0.4) is 0 Å². The van der Waals surface area contributed by atoms with E-state index in [4.69, 9.17) is 9.47 Å². The molecule has 0 bridgehead atoms. The first-order chi connectivity index (χ1) is 9.93. The van der Waals surface area contributed by atoms with Gasteiger partial charge in [-0.3, -0.25) is 4.79 Å². The third-order valence-electron chi connectivity index (χ3n) is 2.90. The molecule has 1 aromatic heterocycles. The Morgan fingerprint density at radius 1 is 1.19 bits per heavy atom. The summed E-state index contributed by atoms with van der Waals surface area (Å²) >= 11 is 0. The predicted octanol–water partition coefficient (Wildman–Crippen LogP) is 2.98. The number of amides is 1. The standard InChI is InChI=1S/C15H13FN2O3/c1-15(2)20-11-5-4-10(7-12(11)21-15)18-14(19)9-3-6-13(16)17-8-9/h3-8H,1-2H3,(H,18,19). The van der Waals surface area contributed by atoms with Crippen molar-refractivity contribution in [2.45, 2.75) is 19.6 Å². The number of carbonyl (C=O) groups excluding carboxylic acids is 1. The lowest BCUT2D eigenvalue weighted by Crippen LogP contribution is -2.29. The maximum atomic E-state index is 12.7. The molecular weight excluding hydrogens is 275 g/mol. The molecule has 0 radical (unpaired) electrons. The van der Waals surface area contributed by atoms with E-state index < -0.39 is 11.7 Å². The summed E-state index contributed by atoms with van der Waals surface area (Å²) in [7, 11) is 0. The summed E-state index contributed by atoms with van der Waals surface area (Å²) in [4.78, 5) is 15.5. The number of hydrogen-bond donors (Lipinski definition) is 1. The van der Waals surface area contributed by atoms with E-state index in [1.54, 1.807) is 32.0 Å². The largest absolute Gasteiger partial charge is 0.449 e. The highest BCUT2D eigenvalue weighted by Gasteiger charge is 2.31. The van der Waals surface area contributed by atoms with Crippen LogP contribution >= 0.6 is 0 Å². The van der Waals surface area contributed by atoms with Crippen molar-refractivity contribution in [1.82, 2.24) is 4.98 Å². The molecule has 108 valence electrons. The fourth-order valence-electron chi connectivity index (χ4n) is 2.01. The molecular formula is C15H13FN2O3. The Morgan fingerprint density at radius 2 is 1.95 bits per heavy atom. The normalized spacial score (nSPS) is 14.8. The van der Waals surface area contributed by atoms with E-state index >= 15 is 0 Å². The number of aromatic nitrogens is 1. The van der Waals surface area contributed by atoms with Crippen molar-refractivity contribution < 1.29 is 18.7 Å². The molecule has 0 saturated heterocycles. The van der Waals surface area contributed by atoms with E-state index in [-0.39, 0.29) is 11.5 Å². The van der Waals surface area contributed by atoms with Crippen LogP contribution in [0.5, 0.6) is 11.5 Å². The van der Waals surface area contributed by atoms with Gasteiger partial charge in [0.15, 0.2) is 11.5 Å².